The second-order valence-corrected chi connectivity index (χ2v) is 8.68. The summed E-state index contributed by atoms with van der Waals surface area (Å²) in [7, 11) is 0. The Morgan fingerprint density at radius 3 is 2.68 bits per heavy atom. The third kappa shape index (κ3) is 4.27. The summed E-state index contributed by atoms with van der Waals surface area (Å²) in [5, 5.41) is 2.79. The summed E-state index contributed by atoms with van der Waals surface area (Å²) in [6.07, 6.45) is 1.13. The zero-order valence-corrected chi connectivity index (χ0v) is 16.3. The number of hydrogen-bond acceptors (Lipinski definition) is 6. The Bertz CT molecular complexity index is 744. The fraction of sp³-hybridized carbons (Fsp3) is 0.500. The molecule has 0 N–H and O–H groups in total. The van der Waals surface area contributed by atoms with Crippen LogP contribution in [0.4, 0.5) is 0 Å². The lowest BCUT2D eigenvalue weighted by molar-refractivity contribution is -0.137. The van der Waals surface area contributed by atoms with Gasteiger partial charge in [0.1, 0.15) is 9.88 Å². The van der Waals surface area contributed by atoms with Crippen molar-refractivity contribution in [1.82, 2.24) is 9.88 Å². The van der Waals surface area contributed by atoms with Gasteiger partial charge in [-0.25, -0.2) is 9.78 Å². The topological polar surface area (TPSA) is 59.5 Å². The first-order chi connectivity index (χ1) is 11.9. The van der Waals surface area contributed by atoms with E-state index in [9.17, 15) is 9.59 Å². The van der Waals surface area contributed by atoms with Crippen molar-refractivity contribution >= 4 is 34.6 Å². The molecule has 2 unspecified atom stereocenters. The van der Waals surface area contributed by atoms with E-state index >= 15 is 0 Å². The maximum Gasteiger partial charge on any atom is 0.350 e. The highest BCUT2D eigenvalue weighted by Gasteiger charge is 2.26. The van der Waals surface area contributed by atoms with Crippen LogP contribution in [-0.2, 0) is 9.53 Å². The molecule has 3 rings (SSSR count). The molecule has 2 aromatic heterocycles. The number of aromatic nitrogens is 1. The molecule has 5 nitrogen and oxygen atoms in total. The average molecular weight is 379 g/mol. The summed E-state index contributed by atoms with van der Waals surface area (Å²) >= 11 is 2.90. The number of piperidine rings is 1. The van der Waals surface area contributed by atoms with Gasteiger partial charge in [-0.2, -0.15) is 0 Å². The Hall–Kier alpha value is -1.73. The predicted molar refractivity (Wildman–Crippen MR) is 100.0 cm³/mol. The summed E-state index contributed by atoms with van der Waals surface area (Å²) in [6, 6.07) is 3.92. The number of thiazole rings is 1. The molecule has 25 heavy (non-hydrogen) atoms. The van der Waals surface area contributed by atoms with Gasteiger partial charge in [-0.3, -0.25) is 4.79 Å². The number of amides is 1. The van der Waals surface area contributed by atoms with Gasteiger partial charge >= 0.3 is 5.97 Å². The van der Waals surface area contributed by atoms with Gasteiger partial charge in [-0.05, 0) is 36.6 Å². The smallest absolute Gasteiger partial charge is 0.350 e. The fourth-order valence-electron chi connectivity index (χ4n) is 3.24. The van der Waals surface area contributed by atoms with E-state index in [2.05, 4.69) is 18.8 Å². The lowest BCUT2D eigenvalue weighted by Crippen LogP contribution is -2.44. The van der Waals surface area contributed by atoms with Gasteiger partial charge in [0, 0.05) is 13.1 Å². The molecule has 134 valence electrons. The second kappa shape index (κ2) is 7.66. The number of carbonyl (C=O) groups is 2. The Labute approximate surface area is 155 Å². The summed E-state index contributed by atoms with van der Waals surface area (Å²) in [5.74, 6) is 0.387. The molecule has 0 spiro atoms. The van der Waals surface area contributed by atoms with E-state index in [4.69, 9.17) is 4.74 Å². The fourth-order valence-corrected chi connectivity index (χ4v) is 5.00. The molecule has 1 saturated heterocycles. The number of likely N-dealkylation sites (tertiary alicyclic amines) is 1. The molecule has 7 heteroatoms. The third-order valence-electron chi connectivity index (χ3n) is 4.26. The molecule has 0 radical (unpaired) electrons. The monoisotopic (exact) mass is 378 g/mol. The number of hydrogen-bond donors (Lipinski definition) is 0. The molecule has 1 aliphatic rings. The van der Waals surface area contributed by atoms with Crippen molar-refractivity contribution in [2.45, 2.75) is 27.2 Å². The molecule has 1 amide bonds. The van der Waals surface area contributed by atoms with Crippen LogP contribution < -0.4 is 0 Å². The number of carbonyl (C=O) groups excluding carboxylic acids is 2. The Morgan fingerprint density at radius 2 is 2.04 bits per heavy atom. The van der Waals surface area contributed by atoms with Crippen molar-refractivity contribution < 1.29 is 14.3 Å². The number of esters is 1. The quantitative estimate of drug-likeness (QED) is 0.759. The van der Waals surface area contributed by atoms with Crippen LogP contribution in [0.15, 0.2) is 17.5 Å². The van der Waals surface area contributed by atoms with Crippen LogP contribution in [-0.4, -0.2) is 41.5 Å². The molecule has 0 aliphatic carbocycles. The Morgan fingerprint density at radius 1 is 1.32 bits per heavy atom. The van der Waals surface area contributed by atoms with Crippen LogP contribution >= 0.6 is 22.7 Å². The van der Waals surface area contributed by atoms with Crippen LogP contribution in [0.5, 0.6) is 0 Å². The Balaban J connectivity index is 1.60. The molecule has 1 aliphatic heterocycles. The second-order valence-electron chi connectivity index (χ2n) is 6.73. The minimum absolute atomic E-state index is 0.118. The molecule has 2 atom stereocenters. The lowest BCUT2D eigenvalue weighted by Gasteiger charge is -2.34. The zero-order chi connectivity index (χ0) is 18.0. The van der Waals surface area contributed by atoms with Gasteiger partial charge < -0.3 is 9.64 Å². The maximum atomic E-state index is 12.3. The highest BCUT2D eigenvalue weighted by atomic mass is 32.1. The van der Waals surface area contributed by atoms with E-state index in [0.717, 1.165) is 29.4 Å². The van der Waals surface area contributed by atoms with Gasteiger partial charge in [0.2, 0.25) is 0 Å². The van der Waals surface area contributed by atoms with Crippen molar-refractivity contribution in [2.75, 3.05) is 19.7 Å². The number of nitrogens with zero attached hydrogens (tertiary/aromatic N) is 2. The van der Waals surface area contributed by atoms with Gasteiger partial charge in [-0.15, -0.1) is 22.7 Å². The average Bonchev–Trinajstić information content (AvgIpc) is 3.20. The van der Waals surface area contributed by atoms with E-state index in [-0.39, 0.29) is 12.5 Å². The minimum atomic E-state index is -0.468. The maximum absolute atomic E-state index is 12.3. The first-order valence-corrected chi connectivity index (χ1v) is 10.1. The largest absolute Gasteiger partial charge is 0.451 e. The van der Waals surface area contributed by atoms with Gasteiger partial charge in [-0.1, -0.05) is 19.9 Å². The van der Waals surface area contributed by atoms with E-state index in [1.807, 2.05) is 22.4 Å². The first kappa shape index (κ1) is 18.1. The van der Waals surface area contributed by atoms with Crippen molar-refractivity contribution in [2.24, 2.45) is 11.8 Å². The summed E-state index contributed by atoms with van der Waals surface area (Å²) in [5.41, 5.74) is 0.645. The lowest BCUT2D eigenvalue weighted by atomic mass is 9.92. The zero-order valence-electron chi connectivity index (χ0n) is 14.7. The SMILES string of the molecule is Cc1nc(-c2cccs2)sc1C(=O)OCC(=O)N1CC(C)CC(C)C1. The van der Waals surface area contributed by atoms with Crippen LogP contribution in [0.25, 0.3) is 9.88 Å². The van der Waals surface area contributed by atoms with Gasteiger partial charge in [0.15, 0.2) is 6.61 Å². The molecule has 1 fully saturated rings. The molecule has 2 aromatic rings. The standard InChI is InChI=1S/C18H22N2O3S2/c1-11-7-12(2)9-20(8-11)15(21)10-23-18(22)16-13(3)19-17(25-16)14-5-4-6-24-14/h4-6,11-12H,7-10H2,1-3H3. The van der Waals surface area contributed by atoms with Crippen LogP contribution in [0.3, 0.4) is 0 Å². The van der Waals surface area contributed by atoms with Crippen LogP contribution in [0, 0.1) is 18.8 Å². The molecule has 0 aromatic carbocycles. The van der Waals surface area contributed by atoms with E-state index in [1.54, 1.807) is 18.3 Å². The number of ether oxygens (including phenoxy) is 1. The van der Waals surface area contributed by atoms with E-state index in [1.165, 1.54) is 11.3 Å². The number of thiophene rings is 1. The normalized spacial score (nSPS) is 20.5. The van der Waals surface area contributed by atoms with Crippen LogP contribution in [0.1, 0.15) is 35.6 Å². The molecule has 3 heterocycles. The third-order valence-corrected chi connectivity index (χ3v) is 6.44. The summed E-state index contributed by atoms with van der Waals surface area (Å²) in [6.45, 7) is 7.36. The predicted octanol–water partition coefficient (Wildman–Crippen LogP) is 3.84. The highest BCUT2D eigenvalue weighted by molar-refractivity contribution is 7.22. The van der Waals surface area contributed by atoms with Crippen molar-refractivity contribution in [3.63, 3.8) is 0 Å². The molecular formula is C18H22N2O3S2. The van der Waals surface area contributed by atoms with Crippen LogP contribution in [0.2, 0.25) is 0 Å². The van der Waals surface area contributed by atoms with Gasteiger partial charge in [0.05, 0.1) is 10.6 Å². The molecular weight excluding hydrogens is 356 g/mol. The van der Waals surface area contributed by atoms with E-state index < -0.39 is 5.97 Å². The van der Waals surface area contributed by atoms with Crippen molar-refractivity contribution in [3.8, 4) is 9.88 Å². The minimum Gasteiger partial charge on any atom is -0.451 e. The summed E-state index contributed by atoms with van der Waals surface area (Å²) in [4.78, 5) is 32.4. The summed E-state index contributed by atoms with van der Waals surface area (Å²) < 4.78 is 5.27. The number of rotatable bonds is 4. The van der Waals surface area contributed by atoms with Crippen molar-refractivity contribution in [1.29, 1.82) is 0 Å². The highest BCUT2D eigenvalue weighted by Crippen LogP contribution is 2.31. The van der Waals surface area contributed by atoms with E-state index in [0.29, 0.717) is 22.4 Å². The molecule has 0 saturated carbocycles. The number of aryl methyl sites for hydroxylation is 1. The molecule has 0 bridgehead atoms. The Kier molecular flexibility index (Phi) is 5.54. The van der Waals surface area contributed by atoms with Crippen molar-refractivity contribution in [3.05, 3.63) is 28.1 Å². The first-order valence-electron chi connectivity index (χ1n) is 8.40. The van der Waals surface area contributed by atoms with Gasteiger partial charge in [0.25, 0.3) is 5.91 Å².